The molecule has 3 heterocycles. The highest BCUT2D eigenvalue weighted by molar-refractivity contribution is 7.99. The largest absolute Gasteiger partial charge is 0.466 e. The second kappa shape index (κ2) is 5.38. The van der Waals surface area contributed by atoms with Crippen molar-refractivity contribution in [2.24, 2.45) is 5.10 Å². The minimum absolute atomic E-state index is 0.728. The number of hydrogen-bond acceptors (Lipinski definition) is 5. The first kappa shape index (κ1) is 14.3. The second-order valence-corrected chi connectivity index (χ2v) is 6.59. The lowest BCUT2D eigenvalue weighted by molar-refractivity contribution is 0.505. The van der Waals surface area contributed by atoms with Crippen LogP contribution in [0.3, 0.4) is 0 Å². The van der Waals surface area contributed by atoms with Gasteiger partial charge in [-0.3, -0.25) is 0 Å². The summed E-state index contributed by atoms with van der Waals surface area (Å²) in [5.74, 6) is 3.22. The van der Waals surface area contributed by atoms with Crippen LogP contribution in [0.5, 0.6) is 0 Å². The molecule has 3 aromatic rings. The maximum Gasteiger partial charge on any atom is 0.212 e. The van der Waals surface area contributed by atoms with Gasteiger partial charge in [0.25, 0.3) is 0 Å². The van der Waals surface area contributed by atoms with Gasteiger partial charge in [-0.2, -0.15) is 9.78 Å². The van der Waals surface area contributed by atoms with E-state index in [0.717, 1.165) is 45.1 Å². The monoisotopic (exact) mass is 324 g/mol. The van der Waals surface area contributed by atoms with E-state index in [1.165, 1.54) is 5.56 Å². The lowest BCUT2D eigenvalue weighted by Gasteiger charge is -2.13. The maximum absolute atomic E-state index is 5.62. The molecular weight excluding hydrogens is 308 g/mol. The number of nitrogens with zero attached hydrogens (tertiary/aromatic N) is 4. The Balaban J connectivity index is 1.81. The molecule has 6 heteroatoms. The Morgan fingerprint density at radius 3 is 2.57 bits per heavy atom. The molecule has 0 spiro atoms. The summed E-state index contributed by atoms with van der Waals surface area (Å²) in [5.41, 5.74) is 4.35. The molecule has 23 heavy (non-hydrogen) atoms. The molecule has 0 bridgehead atoms. The number of benzene rings is 1. The van der Waals surface area contributed by atoms with Crippen LogP contribution in [0.15, 0.2) is 45.0 Å². The van der Waals surface area contributed by atoms with Crippen molar-refractivity contribution in [3.8, 4) is 11.4 Å². The predicted molar refractivity (Wildman–Crippen MR) is 91.0 cm³/mol. The summed E-state index contributed by atoms with van der Waals surface area (Å²) in [6.07, 6.45) is 0. The van der Waals surface area contributed by atoms with Crippen molar-refractivity contribution in [2.75, 3.05) is 5.75 Å². The van der Waals surface area contributed by atoms with Gasteiger partial charge in [0, 0.05) is 5.75 Å². The summed E-state index contributed by atoms with van der Waals surface area (Å²) < 4.78 is 7.44. The van der Waals surface area contributed by atoms with E-state index in [9.17, 15) is 0 Å². The standard InChI is InChI=1S/C17H16N4OS/c1-10-4-6-13(7-5-10)15-9-23-17-19-18-16(21(17)20-15)14-8-11(2)22-12(14)3/h4-8H,9H2,1-3H3. The van der Waals surface area contributed by atoms with Crippen LogP contribution in [-0.4, -0.2) is 26.3 Å². The van der Waals surface area contributed by atoms with Gasteiger partial charge in [-0.05, 0) is 32.4 Å². The number of hydrogen-bond donors (Lipinski definition) is 0. The Labute approximate surface area is 138 Å². The van der Waals surface area contributed by atoms with Gasteiger partial charge in [0.15, 0.2) is 5.82 Å². The molecule has 0 N–H and O–H groups in total. The van der Waals surface area contributed by atoms with Crippen LogP contribution < -0.4 is 0 Å². The summed E-state index contributed by atoms with van der Waals surface area (Å²) in [6.45, 7) is 5.95. The first-order valence-corrected chi connectivity index (χ1v) is 8.41. The van der Waals surface area contributed by atoms with Gasteiger partial charge in [0.05, 0.1) is 11.3 Å². The number of furan rings is 1. The average molecular weight is 324 g/mol. The zero-order chi connectivity index (χ0) is 16.0. The SMILES string of the molecule is Cc1ccc(C2=Nn3c(nnc3-c3cc(C)oc3C)SC2)cc1. The number of rotatable bonds is 2. The summed E-state index contributed by atoms with van der Waals surface area (Å²) in [5, 5.41) is 14.2. The van der Waals surface area contributed by atoms with Gasteiger partial charge in [0.2, 0.25) is 5.16 Å². The molecule has 0 radical (unpaired) electrons. The van der Waals surface area contributed by atoms with E-state index in [1.54, 1.807) is 11.8 Å². The third-order valence-electron chi connectivity index (χ3n) is 3.84. The van der Waals surface area contributed by atoms with Crippen LogP contribution >= 0.6 is 11.8 Å². The molecule has 0 aliphatic carbocycles. The zero-order valence-electron chi connectivity index (χ0n) is 13.2. The highest BCUT2D eigenvalue weighted by atomic mass is 32.2. The summed E-state index contributed by atoms with van der Waals surface area (Å²) in [7, 11) is 0. The smallest absolute Gasteiger partial charge is 0.212 e. The van der Waals surface area contributed by atoms with Crippen LogP contribution in [0.25, 0.3) is 11.4 Å². The molecule has 0 amide bonds. The van der Waals surface area contributed by atoms with Crippen LogP contribution in [0, 0.1) is 20.8 Å². The quantitative estimate of drug-likeness (QED) is 0.719. The molecule has 1 aliphatic heterocycles. The molecule has 0 unspecified atom stereocenters. The van der Waals surface area contributed by atoms with Crippen LogP contribution in [0.4, 0.5) is 0 Å². The van der Waals surface area contributed by atoms with Gasteiger partial charge in [-0.1, -0.05) is 41.6 Å². The molecule has 116 valence electrons. The van der Waals surface area contributed by atoms with E-state index >= 15 is 0 Å². The summed E-state index contributed by atoms with van der Waals surface area (Å²) in [4.78, 5) is 0. The number of aryl methyl sites for hydroxylation is 3. The fourth-order valence-corrected chi connectivity index (χ4v) is 3.47. The van der Waals surface area contributed by atoms with Crippen molar-refractivity contribution in [1.29, 1.82) is 0 Å². The Kier molecular flexibility index (Phi) is 3.34. The van der Waals surface area contributed by atoms with E-state index in [0.29, 0.717) is 0 Å². The van der Waals surface area contributed by atoms with E-state index < -0.39 is 0 Å². The van der Waals surface area contributed by atoms with Crippen LogP contribution in [-0.2, 0) is 0 Å². The number of aromatic nitrogens is 3. The third kappa shape index (κ3) is 2.49. The lowest BCUT2D eigenvalue weighted by Crippen LogP contribution is -2.13. The molecule has 1 aromatic carbocycles. The molecule has 5 nitrogen and oxygen atoms in total. The van der Waals surface area contributed by atoms with E-state index in [4.69, 9.17) is 9.52 Å². The first-order chi connectivity index (χ1) is 11.1. The highest BCUT2D eigenvalue weighted by Gasteiger charge is 2.22. The van der Waals surface area contributed by atoms with E-state index in [1.807, 2.05) is 24.6 Å². The minimum atomic E-state index is 0.728. The van der Waals surface area contributed by atoms with Crippen molar-refractivity contribution < 1.29 is 4.42 Å². The van der Waals surface area contributed by atoms with Crippen molar-refractivity contribution >= 4 is 17.5 Å². The van der Waals surface area contributed by atoms with Gasteiger partial charge >= 0.3 is 0 Å². The van der Waals surface area contributed by atoms with E-state index in [2.05, 4.69) is 41.4 Å². The highest BCUT2D eigenvalue weighted by Crippen LogP contribution is 2.31. The van der Waals surface area contributed by atoms with Gasteiger partial charge in [-0.25, -0.2) is 0 Å². The average Bonchev–Trinajstić information content (AvgIpc) is 3.10. The van der Waals surface area contributed by atoms with Gasteiger partial charge < -0.3 is 4.42 Å². The molecule has 1 aliphatic rings. The van der Waals surface area contributed by atoms with Crippen LogP contribution in [0.1, 0.15) is 22.6 Å². The lowest BCUT2D eigenvalue weighted by atomic mass is 10.1. The molecule has 2 aromatic heterocycles. The van der Waals surface area contributed by atoms with Crippen molar-refractivity contribution in [2.45, 2.75) is 25.9 Å². The summed E-state index contributed by atoms with van der Waals surface area (Å²) >= 11 is 1.65. The number of thioether (sulfide) groups is 1. The minimum Gasteiger partial charge on any atom is -0.466 e. The molecule has 0 saturated carbocycles. The molecule has 0 atom stereocenters. The van der Waals surface area contributed by atoms with Gasteiger partial charge in [0.1, 0.15) is 11.5 Å². The maximum atomic E-state index is 5.62. The Hall–Kier alpha value is -2.34. The Morgan fingerprint density at radius 2 is 1.87 bits per heavy atom. The molecular formula is C17H16N4OS. The van der Waals surface area contributed by atoms with E-state index in [-0.39, 0.29) is 0 Å². The predicted octanol–water partition coefficient (Wildman–Crippen LogP) is 3.82. The fourth-order valence-electron chi connectivity index (χ4n) is 2.64. The molecule has 0 fully saturated rings. The van der Waals surface area contributed by atoms with Gasteiger partial charge in [-0.15, -0.1) is 10.2 Å². The summed E-state index contributed by atoms with van der Waals surface area (Å²) in [6, 6.07) is 10.4. The normalized spacial score (nSPS) is 13.8. The topological polar surface area (TPSA) is 56.2 Å². The third-order valence-corrected chi connectivity index (χ3v) is 4.77. The first-order valence-electron chi connectivity index (χ1n) is 7.42. The Bertz CT molecular complexity index is 905. The van der Waals surface area contributed by atoms with Crippen molar-refractivity contribution in [3.05, 3.63) is 53.0 Å². The van der Waals surface area contributed by atoms with Crippen molar-refractivity contribution in [3.63, 3.8) is 0 Å². The number of fused-ring (bicyclic) bond motifs is 1. The van der Waals surface area contributed by atoms with Crippen molar-refractivity contribution in [1.82, 2.24) is 14.9 Å². The molecule has 0 saturated heterocycles. The fraction of sp³-hybridized carbons (Fsp3) is 0.235. The van der Waals surface area contributed by atoms with Crippen LogP contribution in [0.2, 0.25) is 0 Å². The second-order valence-electron chi connectivity index (χ2n) is 5.65. The molecule has 4 rings (SSSR count). The Morgan fingerprint density at radius 1 is 1.09 bits per heavy atom. The zero-order valence-corrected chi connectivity index (χ0v) is 14.0.